The lowest BCUT2D eigenvalue weighted by molar-refractivity contribution is -0.138. The molecule has 0 aliphatic rings. The summed E-state index contributed by atoms with van der Waals surface area (Å²) in [5, 5.41) is 17.2. The van der Waals surface area contributed by atoms with Gasteiger partial charge in [-0.3, -0.25) is 9.59 Å². The lowest BCUT2D eigenvalue weighted by atomic mass is 10.1. The summed E-state index contributed by atoms with van der Waals surface area (Å²) in [6.45, 7) is 0.332. The van der Waals surface area contributed by atoms with E-state index in [9.17, 15) is 19.2 Å². The number of esters is 2. The number of hydrogen-bond donors (Lipinski definition) is 2. The molecule has 0 spiro atoms. The molecule has 0 aromatic heterocycles. The van der Waals surface area contributed by atoms with Crippen LogP contribution in [0.15, 0.2) is 48.5 Å². The summed E-state index contributed by atoms with van der Waals surface area (Å²) in [6.07, 6.45) is 0.879. The van der Waals surface area contributed by atoms with Crippen molar-refractivity contribution in [1.82, 2.24) is 0 Å². The molecule has 2 rings (SSSR count). The Labute approximate surface area is 190 Å². The van der Waals surface area contributed by atoms with E-state index in [0.29, 0.717) is 17.7 Å². The van der Waals surface area contributed by atoms with Crippen molar-refractivity contribution < 1.29 is 43.6 Å². The van der Waals surface area contributed by atoms with E-state index in [2.05, 4.69) is 0 Å². The van der Waals surface area contributed by atoms with Crippen LogP contribution in [0.5, 0.6) is 5.75 Å². The average molecular weight is 458 g/mol. The molecule has 176 valence electrons. The predicted molar refractivity (Wildman–Crippen MR) is 116 cm³/mol. The van der Waals surface area contributed by atoms with E-state index < -0.39 is 23.9 Å². The Balaban J connectivity index is 1.80. The monoisotopic (exact) mass is 458 g/mol. The lowest BCUT2D eigenvalue weighted by Gasteiger charge is -2.11. The molecule has 2 aromatic carbocycles. The third-order valence-electron chi connectivity index (χ3n) is 4.48. The van der Waals surface area contributed by atoms with Gasteiger partial charge in [0, 0.05) is 19.3 Å². The highest BCUT2D eigenvalue weighted by Gasteiger charge is 2.14. The summed E-state index contributed by atoms with van der Waals surface area (Å²) in [5.41, 5.74) is 1.53. The second-order valence-electron chi connectivity index (χ2n) is 7.06. The van der Waals surface area contributed by atoms with Gasteiger partial charge in [0.15, 0.2) is 0 Å². The summed E-state index contributed by atoms with van der Waals surface area (Å²) in [6, 6.07) is 13.4. The maximum Gasteiger partial charge on any atom is 0.341 e. The Kier molecular flexibility index (Phi) is 10.4. The predicted octanol–water partition coefficient (Wildman–Crippen LogP) is 3.35. The highest BCUT2D eigenvalue weighted by atomic mass is 16.5. The zero-order valence-electron chi connectivity index (χ0n) is 18.0. The number of carbonyl (C=O) groups excluding carboxylic acids is 2. The van der Waals surface area contributed by atoms with Crippen molar-refractivity contribution in [2.24, 2.45) is 0 Å². The summed E-state index contributed by atoms with van der Waals surface area (Å²) in [7, 11) is 0. The first-order valence-corrected chi connectivity index (χ1v) is 10.5. The van der Waals surface area contributed by atoms with Crippen molar-refractivity contribution in [3.05, 3.63) is 65.2 Å². The number of benzene rings is 2. The Hall–Kier alpha value is -3.88. The minimum absolute atomic E-state index is 0.00775. The number of ether oxygens (including phenoxy) is 3. The molecule has 9 heteroatoms. The maximum absolute atomic E-state index is 12.2. The van der Waals surface area contributed by atoms with E-state index >= 15 is 0 Å². The van der Waals surface area contributed by atoms with E-state index in [-0.39, 0.29) is 51.1 Å². The number of para-hydroxylation sites is 1. The van der Waals surface area contributed by atoms with Crippen LogP contribution in [-0.4, -0.2) is 53.9 Å². The smallest absolute Gasteiger partial charge is 0.341 e. The first kappa shape index (κ1) is 25.4. The van der Waals surface area contributed by atoms with Gasteiger partial charge in [0.2, 0.25) is 0 Å². The molecule has 9 nitrogen and oxygen atoms in total. The SMILES string of the molecule is O=C(O)CCCOC(=O)c1ccc(CCOc2ccccc2C(=O)OCCCC(=O)O)cc1. The van der Waals surface area contributed by atoms with Gasteiger partial charge in [0.05, 0.1) is 25.4 Å². The molecular formula is C24H26O9. The van der Waals surface area contributed by atoms with Gasteiger partial charge >= 0.3 is 23.9 Å². The third kappa shape index (κ3) is 9.42. The summed E-state index contributed by atoms with van der Waals surface area (Å²) in [5.74, 6) is -2.62. The van der Waals surface area contributed by atoms with Gasteiger partial charge in [-0.05, 0) is 42.7 Å². The zero-order valence-corrected chi connectivity index (χ0v) is 18.0. The molecule has 0 fully saturated rings. The second-order valence-corrected chi connectivity index (χ2v) is 7.06. The molecular weight excluding hydrogens is 432 g/mol. The van der Waals surface area contributed by atoms with Gasteiger partial charge in [0.25, 0.3) is 0 Å². The van der Waals surface area contributed by atoms with Crippen LogP contribution in [0.2, 0.25) is 0 Å². The molecule has 0 saturated heterocycles. The van der Waals surface area contributed by atoms with Crippen molar-refractivity contribution in [2.75, 3.05) is 19.8 Å². The fraction of sp³-hybridized carbons (Fsp3) is 0.333. The van der Waals surface area contributed by atoms with Crippen molar-refractivity contribution in [3.8, 4) is 5.75 Å². The van der Waals surface area contributed by atoms with Crippen molar-refractivity contribution >= 4 is 23.9 Å². The molecule has 0 heterocycles. The normalized spacial score (nSPS) is 10.3. The molecule has 0 unspecified atom stereocenters. The summed E-state index contributed by atoms with van der Waals surface area (Å²) < 4.78 is 15.9. The van der Waals surface area contributed by atoms with E-state index in [4.69, 9.17) is 24.4 Å². The fourth-order valence-electron chi connectivity index (χ4n) is 2.79. The Morgan fingerprint density at radius 2 is 1.27 bits per heavy atom. The van der Waals surface area contributed by atoms with Crippen molar-refractivity contribution in [1.29, 1.82) is 0 Å². The highest BCUT2D eigenvalue weighted by molar-refractivity contribution is 5.92. The lowest BCUT2D eigenvalue weighted by Crippen LogP contribution is -2.11. The van der Waals surface area contributed by atoms with Gasteiger partial charge in [-0.15, -0.1) is 0 Å². The van der Waals surface area contributed by atoms with Crippen LogP contribution in [0, 0.1) is 0 Å². The van der Waals surface area contributed by atoms with Gasteiger partial charge in [-0.25, -0.2) is 9.59 Å². The first-order valence-electron chi connectivity index (χ1n) is 10.5. The summed E-state index contributed by atoms with van der Waals surface area (Å²) in [4.78, 5) is 45.2. The number of carbonyl (C=O) groups is 4. The van der Waals surface area contributed by atoms with Crippen LogP contribution in [-0.2, 0) is 25.5 Å². The average Bonchev–Trinajstić information content (AvgIpc) is 2.80. The highest BCUT2D eigenvalue weighted by Crippen LogP contribution is 2.19. The number of hydrogen-bond acceptors (Lipinski definition) is 7. The zero-order chi connectivity index (χ0) is 24.1. The fourth-order valence-corrected chi connectivity index (χ4v) is 2.79. The Morgan fingerprint density at radius 1 is 0.697 bits per heavy atom. The number of rotatable bonds is 14. The van der Waals surface area contributed by atoms with Crippen LogP contribution in [0.1, 0.15) is 52.0 Å². The Morgan fingerprint density at radius 3 is 1.88 bits per heavy atom. The minimum Gasteiger partial charge on any atom is -0.492 e. The van der Waals surface area contributed by atoms with Gasteiger partial charge in [-0.2, -0.15) is 0 Å². The van der Waals surface area contributed by atoms with Gasteiger partial charge in [-0.1, -0.05) is 24.3 Å². The topological polar surface area (TPSA) is 136 Å². The molecule has 0 radical (unpaired) electrons. The van der Waals surface area contributed by atoms with E-state index in [1.54, 1.807) is 48.5 Å². The Bertz CT molecular complexity index is 951. The van der Waals surface area contributed by atoms with Crippen LogP contribution >= 0.6 is 0 Å². The van der Waals surface area contributed by atoms with Crippen molar-refractivity contribution in [2.45, 2.75) is 32.1 Å². The molecule has 33 heavy (non-hydrogen) atoms. The molecule has 0 saturated carbocycles. The molecule has 0 amide bonds. The standard InChI is InChI=1S/C24H26O9/c25-21(26)7-3-14-32-23(29)18-11-9-17(10-12-18)13-16-31-20-6-2-1-5-19(20)24(30)33-15-4-8-22(27)28/h1-2,5-6,9-12H,3-4,7-8,13-16H2,(H,25,26)(H,27,28). The van der Waals surface area contributed by atoms with Gasteiger partial charge in [0.1, 0.15) is 11.3 Å². The maximum atomic E-state index is 12.2. The molecule has 0 aliphatic carbocycles. The number of aliphatic carboxylic acids is 2. The molecule has 2 N–H and O–H groups in total. The molecule has 0 aliphatic heterocycles. The summed E-state index contributed by atoms with van der Waals surface area (Å²) >= 11 is 0. The van der Waals surface area contributed by atoms with Crippen LogP contribution in [0.25, 0.3) is 0 Å². The quantitative estimate of drug-likeness (QED) is 0.322. The van der Waals surface area contributed by atoms with Crippen LogP contribution in [0.3, 0.4) is 0 Å². The van der Waals surface area contributed by atoms with Gasteiger partial charge < -0.3 is 24.4 Å². The number of carboxylic acid groups (broad SMARTS) is 2. The third-order valence-corrected chi connectivity index (χ3v) is 4.48. The van der Waals surface area contributed by atoms with E-state index in [1.807, 2.05) is 0 Å². The second kappa shape index (κ2) is 13.5. The number of carboxylic acids is 2. The van der Waals surface area contributed by atoms with Crippen molar-refractivity contribution in [3.63, 3.8) is 0 Å². The molecule has 0 bridgehead atoms. The van der Waals surface area contributed by atoms with E-state index in [1.165, 1.54) is 0 Å². The molecule has 2 aromatic rings. The first-order chi connectivity index (χ1) is 15.9. The van der Waals surface area contributed by atoms with Crippen LogP contribution in [0.4, 0.5) is 0 Å². The molecule has 0 atom stereocenters. The largest absolute Gasteiger partial charge is 0.492 e. The van der Waals surface area contributed by atoms with E-state index in [0.717, 1.165) is 5.56 Å². The minimum atomic E-state index is -0.949. The van der Waals surface area contributed by atoms with Crippen LogP contribution < -0.4 is 4.74 Å².